The summed E-state index contributed by atoms with van der Waals surface area (Å²) in [6.45, 7) is 11.6. The predicted octanol–water partition coefficient (Wildman–Crippen LogP) is 1.85. The van der Waals surface area contributed by atoms with Crippen LogP contribution in [0.1, 0.15) is 28.9 Å². The lowest BCUT2D eigenvalue weighted by atomic mass is 10.1. The fourth-order valence-corrected chi connectivity index (χ4v) is 4.88. The summed E-state index contributed by atoms with van der Waals surface area (Å²) >= 11 is 0. The molecule has 180 valence electrons. The van der Waals surface area contributed by atoms with Crippen LogP contribution in [0.2, 0.25) is 0 Å². The third-order valence-electron chi connectivity index (χ3n) is 7.05. The van der Waals surface area contributed by atoms with Crippen LogP contribution in [0.15, 0.2) is 33.9 Å². The van der Waals surface area contributed by atoms with Gasteiger partial charge in [0.2, 0.25) is 5.78 Å². The number of morpholine rings is 1. The molecule has 0 atom stereocenters. The Morgan fingerprint density at radius 2 is 1.65 bits per heavy atom. The molecule has 9 heteroatoms. The van der Waals surface area contributed by atoms with Crippen LogP contribution >= 0.6 is 0 Å². The minimum absolute atomic E-state index is 0.229. The minimum Gasteiger partial charge on any atom is -0.379 e. The van der Waals surface area contributed by atoms with Gasteiger partial charge < -0.3 is 9.30 Å². The zero-order valence-corrected chi connectivity index (χ0v) is 20.4. The second kappa shape index (κ2) is 8.88. The molecule has 0 saturated carbocycles. The van der Waals surface area contributed by atoms with E-state index in [2.05, 4.69) is 16.4 Å². The minimum atomic E-state index is -0.355. The van der Waals surface area contributed by atoms with Crippen LogP contribution in [0.5, 0.6) is 0 Å². The number of imidazole rings is 2. The highest BCUT2D eigenvalue weighted by molar-refractivity contribution is 5.76. The molecule has 1 aliphatic heterocycles. The molecule has 0 unspecified atom stereocenters. The molecule has 3 aromatic heterocycles. The van der Waals surface area contributed by atoms with Crippen LogP contribution in [-0.2, 0) is 24.9 Å². The molecule has 0 bridgehead atoms. The van der Waals surface area contributed by atoms with Crippen molar-refractivity contribution >= 4 is 16.9 Å². The molecular formula is C25H32N6O3. The Kier molecular flexibility index (Phi) is 5.91. The molecule has 9 nitrogen and oxygen atoms in total. The van der Waals surface area contributed by atoms with Crippen LogP contribution in [0.4, 0.5) is 0 Å². The summed E-state index contributed by atoms with van der Waals surface area (Å²) in [5.41, 5.74) is 4.33. The Morgan fingerprint density at radius 3 is 2.35 bits per heavy atom. The second-order valence-corrected chi connectivity index (χ2v) is 9.27. The predicted molar refractivity (Wildman–Crippen MR) is 132 cm³/mol. The van der Waals surface area contributed by atoms with Crippen molar-refractivity contribution in [2.75, 3.05) is 32.8 Å². The Bertz CT molecular complexity index is 1470. The van der Waals surface area contributed by atoms with E-state index in [1.54, 1.807) is 7.05 Å². The fraction of sp³-hybridized carbons (Fsp3) is 0.480. The van der Waals surface area contributed by atoms with Gasteiger partial charge in [-0.1, -0.05) is 29.8 Å². The molecule has 1 aromatic carbocycles. The SMILES string of the molecule is Cc1ccc(Cn2c(=O)c3c(nc4n(CCCN5CCOCC5)c(C)c(C)n34)n(C)c2=O)cc1. The topological polar surface area (TPSA) is 78.7 Å². The van der Waals surface area contributed by atoms with Crippen LogP contribution in [0.3, 0.4) is 0 Å². The van der Waals surface area contributed by atoms with Gasteiger partial charge in [-0.25, -0.2) is 4.79 Å². The molecule has 1 saturated heterocycles. The van der Waals surface area contributed by atoms with Gasteiger partial charge in [-0.2, -0.15) is 4.98 Å². The highest BCUT2D eigenvalue weighted by Crippen LogP contribution is 2.21. The van der Waals surface area contributed by atoms with Gasteiger partial charge in [0, 0.05) is 44.6 Å². The van der Waals surface area contributed by atoms with E-state index in [-0.39, 0.29) is 17.8 Å². The number of nitrogens with zero attached hydrogens (tertiary/aromatic N) is 6. The average molecular weight is 465 g/mol. The maximum atomic E-state index is 13.6. The zero-order valence-electron chi connectivity index (χ0n) is 20.4. The summed E-state index contributed by atoms with van der Waals surface area (Å²) in [4.78, 5) is 33.9. The number of fused-ring (bicyclic) bond motifs is 3. The van der Waals surface area contributed by atoms with E-state index in [0.717, 1.165) is 68.3 Å². The first kappa shape index (κ1) is 22.6. The van der Waals surface area contributed by atoms with Crippen molar-refractivity contribution in [2.24, 2.45) is 7.05 Å². The monoisotopic (exact) mass is 464 g/mol. The van der Waals surface area contributed by atoms with Crippen LogP contribution < -0.4 is 11.2 Å². The van der Waals surface area contributed by atoms with Gasteiger partial charge in [0.05, 0.1) is 19.8 Å². The highest BCUT2D eigenvalue weighted by atomic mass is 16.5. The number of aryl methyl sites for hydroxylation is 4. The second-order valence-electron chi connectivity index (χ2n) is 9.27. The van der Waals surface area contributed by atoms with Crippen molar-refractivity contribution in [3.05, 3.63) is 67.6 Å². The first-order valence-corrected chi connectivity index (χ1v) is 11.9. The molecule has 0 aliphatic carbocycles. The van der Waals surface area contributed by atoms with E-state index in [0.29, 0.717) is 16.9 Å². The maximum Gasteiger partial charge on any atom is 0.332 e. The van der Waals surface area contributed by atoms with E-state index in [1.165, 1.54) is 9.13 Å². The molecule has 5 rings (SSSR count). The smallest absolute Gasteiger partial charge is 0.332 e. The lowest BCUT2D eigenvalue weighted by Crippen LogP contribution is -2.39. The average Bonchev–Trinajstić information content (AvgIpc) is 3.34. The van der Waals surface area contributed by atoms with E-state index >= 15 is 0 Å². The number of rotatable bonds is 6. The molecule has 0 amide bonds. The van der Waals surface area contributed by atoms with E-state index in [1.807, 2.05) is 42.5 Å². The molecule has 1 aliphatic rings. The summed E-state index contributed by atoms with van der Waals surface area (Å²) in [5, 5.41) is 0. The van der Waals surface area contributed by atoms with Crippen molar-refractivity contribution in [1.29, 1.82) is 0 Å². The zero-order chi connectivity index (χ0) is 24.0. The van der Waals surface area contributed by atoms with Crippen LogP contribution in [0, 0.1) is 20.8 Å². The summed E-state index contributed by atoms with van der Waals surface area (Å²) in [7, 11) is 1.69. The summed E-state index contributed by atoms with van der Waals surface area (Å²) < 4.78 is 12.3. The van der Waals surface area contributed by atoms with Crippen LogP contribution in [0.25, 0.3) is 16.9 Å². The Hall–Kier alpha value is -3.17. The summed E-state index contributed by atoms with van der Waals surface area (Å²) in [6, 6.07) is 7.89. The van der Waals surface area contributed by atoms with E-state index in [9.17, 15) is 9.59 Å². The van der Waals surface area contributed by atoms with Gasteiger partial charge in [0.25, 0.3) is 5.56 Å². The lowest BCUT2D eigenvalue weighted by Gasteiger charge is -2.26. The Balaban J connectivity index is 1.56. The Labute approximate surface area is 197 Å². The van der Waals surface area contributed by atoms with Gasteiger partial charge >= 0.3 is 5.69 Å². The molecule has 0 N–H and O–H groups in total. The van der Waals surface area contributed by atoms with Gasteiger partial charge in [0.15, 0.2) is 11.2 Å². The maximum absolute atomic E-state index is 13.6. The molecule has 0 spiro atoms. The van der Waals surface area contributed by atoms with Crippen molar-refractivity contribution in [3.63, 3.8) is 0 Å². The Morgan fingerprint density at radius 1 is 0.941 bits per heavy atom. The molecule has 4 heterocycles. The lowest BCUT2D eigenvalue weighted by molar-refractivity contribution is 0.0369. The van der Waals surface area contributed by atoms with Gasteiger partial charge in [-0.05, 0) is 32.8 Å². The molecular weight excluding hydrogens is 432 g/mol. The number of aromatic nitrogens is 5. The van der Waals surface area contributed by atoms with Crippen LogP contribution in [-0.4, -0.2) is 60.8 Å². The van der Waals surface area contributed by atoms with Crippen molar-refractivity contribution in [3.8, 4) is 0 Å². The van der Waals surface area contributed by atoms with Gasteiger partial charge in [0.1, 0.15) is 0 Å². The van der Waals surface area contributed by atoms with Gasteiger partial charge in [-0.15, -0.1) is 0 Å². The third kappa shape index (κ3) is 3.78. The fourth-order valence-electron chi connectivity index (χ4n) is 4.88. The first-order valence-electron chi connectivity index (χ1n) is 11.9. The van der Waals surface area contributed by atoms with Gasteiger partial charge in [-0.3, -0.25) is 23.2 Å². The van der Waals surface area contributed by atoms with E-state index in [4.69, 9.17) is 9.72 Å². The summed E-state index contributed by atoms with van der Waals surface area (Å²) in [5.74, 6) is 0.715. The molecule has 0 radical (unpaired) electrons. The molecule has 4 aromatic rings. The normalized spacial score (nSPS) is 15.1. The van der Waals surface area contributed by atoms with E-state index < -0.39 is 0 Å². The number of ether oxygens (including phenoxy) is 1. The van der Waals surface area contributed by atoms with Crippen molar-refractivity contribution in [2.45, 2.75) is 40.3 Å². The quantitative estimate of drug-likeness (QED) is 0.435. The first-order chi connectivity index (χ1) is 16.4. The number of benzene rings is 1. The highest BCUT2D eigenvalue weighted by Gasteiger charge is 2.22. The summed E-state index contributed by atoms with van der Waals surface area (Å²) in [6.07, 6.45) is 0.977. The third-order valence-corrected chi connectivity index (χ3v) is 7.05. The molecule has 34 heavy (non-hydrogen) atoms. The van der Waals surface area contributed by atoms with Crippen molar-refractivity contribution in [1.82, 2.24) is 28.0 Å². The largest absolute Gasteiger partial charge is 0.379 e. The standard InChI is InChI=1S/C25H32N6O3/c1-17-6-8-20(9-7-17)16-30-23(32)21-22(27(4)25(30)33)26-24-29(18(2)19(3)31(21)24)11-5-10-28-12-14-34-15-13-28/h6-9H,5,10-16H2,1-4H3. The molecule has 1 fully saturated rings. The van der Waals surface area contributed by atoms with Crippen molar-refractivity contribution < 1.29 is 4.74 Å². The number of hydrogen-bond donors (Lipinski definition) is 0. The number of hydrogen-bond acceptors (Lipinski definition) is 5.